The summed E-state index contributed by atoms with van der Waals surface area (Å²) < 4.78 is 27.0. The van der Waals surface area contributed by atoms with Gasteiger partial charge in [-0.15, -0.1) is 0 Å². The van der Waals surface area contributed by atoms with E-state index in [4.69, 9.17) is 0 Å². The van der Waals surface area contributed by atoms with E-state index in [2.05, 4.69) is 15.9 Å². The number of aryl methyl sites for hydroxylation is 1. The number of sulfonamides is 1. The second-order valence-corrected chi connectivity index (χ2v) is 7.95. The van der Waals surface area contributed by atoms with Crippen LogP contribution in [-0.2, 0) is 10.0 Å². The van der Waals surface area contributed by atoms with Gasteiger partial charge in [-0.05, 0) is 37.1 Å². The van der Waals surface area contributed by atoms with Crippen LogP contribution in [0.15, 0.2) is 27.6 Å². The van der Waals surface area contributed by atoms with Crippen molar-refractivity contribution in [2.24, 2.45) is 0 Å². The normalized spacial score (nSPS) is 19.2. The number of halogens is 1. The van der Waals surface area contributed by atoms with Crippen molar-refractivity contribution in [3.8, 4) is 0 Å². The Bertz CT molecular complexity index is 580. The molecule has 1 fully saturated rings. The maximum Gasteiger partial charge on any atom is 0.243 e. The molecule has 1 N–H and O–H groups in total. The molecule has 0 aromatic heterocycles. The molecule has 0 unspecified atom stereocenters. The van der Waals surface area contributed by atoms with E-state index in [1.807, 2.05) is 13.8 Å². The van der Waals surface area contributed by atoms with E-state index in [0.717, 1.165) is 16.5 Å². The highest BCUT2D eigenvalue weighted by atomic mass is 79.9. The van der Waals surface area contributed by atoms with Crippen molar-refractivity contribution in [1.82, 2.24) is 4.31 Å². The number of nitrogens with zero attached hydrogens (tertiary/aromatic N) is 1. The van der Waals surface area contributed by atoms with Crippen LogP contribution >= 0.6 is 15.9 Å². The maximum atomic E-state index is 12.4. The van der Waals surface area contributed by atoms with Gasteiger partial charge in [0.25, 0.3) is 0 Å². The van der Waals surface area contributed by atoms with Gasteiger partial charge in [0, 0.05) is 17.6 Å². The second-order valence-electron chi connectivity index (χ2n) is 5.16. The van der Waals surface area contributed by atoms with Crippen molar-refractivity contribution in [2.45, 2.75) is 37.2 Å². The van der Waals surface area contributed by atoms with Crippen LogP contribution in [0.1, 0.15) is 25.3 Å². The molecule has 1 saturated heterocycles. The Morgan fingerprint density at radius 3 is 2.58 bits per heavy atom. The molecular formula is C13H18BrNO3S. The average Bonchev–Trinajstić information content (AvgIpc) is 2.29. The Hall–Kier alpha value is -0.430. The fourth-order valence-corrected chi connectivity index (χ4v) is 4.26. The fourth-order valence-electron chi connectivity index (χ4n) is 2.33. The van der Waals surface area contributed by atoms with Crippen LogP contribution in [-0.4, -0.2) is 36.5 Å². The zero-order valence-electron chi connectivity index (χ0n) is 11.1. The molecule has 0 aliphatic carbocycles. The van der Waals surface area contributed by atoms with Gasteiger partial charge in [-0.2, -0.15) is 4.31 Å². The van der Waals surface area contributed by atoms with Crippen LogP contribution in [0, 0.1) is 6.92 Å². The highest BCUT2D eigenvalue weighted by Gasteiger charge is 2.46. The predicted octanol–water partition coefficient (Wildman–Crippen LogP) is 2.29. The molecule has 19 heavy (non-hydrogen) atoms. The van der Waals surface area contributed by atoms with E-state index in [1.165, 1.54) is 4.31 Å². The van der Waals surface area contributed by atoms with Crippen molar-refractivity contribution in [2.75, 3.05) is 13.1 Å². The summed E-state index contributed by atoms with van der Waals surface area (Å²) in [7, 11) is -3.48. The summed E-state index contributed by atoms with van der Waals surface area (Å²) in [6.07, 6.45) is 1.49. The molecule has 2 rings (SSSR count). The summed E-state index contributed by atoms with van der Waals surface area (Å²) in [5.41, 5.74) is 0.0390. The Morgan fingerprint density at radius 2 is 2.05 bits per heavy atom. The summed E-state index contributed by atoms with van der Waals surface area (Å²) in [5, 5.41) is 10.1. The first kappa shape index (κ1) is 15.0. The molecule has 0 bridgehead atoms. The van der Waals surface area contributed by atoms with E-state index in [-0.39, 0.29) is 18.0 Å². The van der Waals surface area contributed by atoms with Gasteiger partial charge < -0.3 is 5.11 Å². The van der Waals surface area contributed by atoms with Crippen LogP contribution in [0.3, 0.4) is 0 Å². The number of rotatable bonds is 4. The van der Waals surface area contributed by atoms with Gasteiger partial charge in [-0.1, -0.05) is 29.3 Å². The minimum atomic E-state index is -3.48. The predicted molar refractivity (Wildman–Crippen MR) is 77.5 cm³/mol. The molecule has 0 spiro atoms. The molecule has 0 radical (unpaired) electrons. The molecule has 0 saturated carbocycles. The van der Waals surface area contributed by atoms with Crippen LogP contribution < -0.4 is 0 Å². The number of aliphatic hydroxyl groups is 1. The quantitative estimate of drug-likeness (QED) is 0.908. The highest BCUT2D eigenvalue weighted by Crippen LogP contribution is 2.32. The zero-order chi connectivity index (χ0) is 14.3. The first-order valence-corrected chi connectivity index (χ1v) is 8.50. The van der Waals surface area contributed by atoms with E-state index >= 15 is 0 Å². The molecule has 1 aliphatic rings. The summed E-state index contributed by atoms with van der Waals surface area (Å²) in [5.74, 6) is 0. The third-order valence-electron chi connectivity index (χ3n) is 3.42. The van der Waals surface area contributed by atoms with Crippen molar-refractivity contribution < 1.29 is 13.5 Å². The third-order valence-corrected chi connectivity index (χ3v) is 6.10. The zero-order valence-corrected chi connectivity index (χ0v) is 13.5. The lowest BCUT2D eigenvalue weighted by atomic mass is 9.92. The molecule has 6 heteroatoms. The smallest absolute Gasteiger partial charge is 0.243 e. The largest absolute Gasteiger partial charge is 0.387 e. The number of β-amino-alcohol motifs (C(OH)–C–C–N with tert-alkyl or cyclic N) is 1. The molecule has 0 atom stereocenters. The van der Waals surface area contributed by atoms with E-state index in [9.17, 15) is 13.5 Å². The van der Waals surface area contributed by atoms with Gasteiger partial charge in [0.2, 0.25) is 10.0 Å². The minimum absolute atomic E-state index is 0.193. The standard InChI is InChI=1S/C13H18BrNO3S/c1-3-6-13(16)8-15(9-13)19(17,18)11-4-5-12(14)10(2)7-11/h4-5,7,16H,3,6,8-9H2,1-2H3. The minimum Gasteiger partial charge on any atom is -0.387 e. The van der Waals surface area contributed by atoms with Gasteiger partial charge in [0.05, 0.1) is 10.5 Å². The first-order valence-electron chi connectivity index (χ1n) is 6.27. The molecule has 0 amide bonds. The van der Waals surface area contributed by atoms with Gasteiger partial charge in [0.15, 0.2) is 0 Å². The van der Waals surface area contributed by atoms with E-state index < -0.39 is 15.6 Å². The Balaban J connectivity index is 2.19. The molecule has 1 heterocycles. The number of hydrogen-bond acceptors (Lipinski definition) is 3. The van der Waals surface area contributed by atoms with Gasteiger partial charge >= 0.3 is 0 Å². The van der Waals surface area contributed by atoms with Crippen LogP contribution in [0.5, 0.6) is 0 Å². The first-order chi connectivity index (χ1) is 8.78. The molecule has 4 nitrogen and oxygen atoms in total. The second kappa shape index (κ2) is 5.16. The summed E-state index contributed by atoms with van der Waals surface area (Å²) in [4.78, 5) is 0.284. The Kier molecular flexibility index (Phi) is 4.07. The molecule has 1 aliphatic heterocycles. The van der Waals surface area contributed by atoms with Crippen molar-refractivity contribution in [3.05, 3.63) is 28.2 Å². The lowest BCUT2D eigenvalue weighted by molar-refractivity contribution is -0.0653. The average molecular weight is 348 g/mol. The summed E-state index contributed by atoms with van der Waals surface area (Å²) in [6.45, 7) is 4.22. The number of benzene rings is 1. The molecular weight excluding hydrogens is 330 g/mol. The van der Waals surface area contributed by atoms with Gasteiger partial charge in [-0.3, -0.25) is 0 Å². The lowest BCUT2D eigenvalue weighted by Gasteiger charge is -2.45. The van der Waals surface area contributed by atoms with E-state index in [0.29, 0.717) is 6.42 Å². The van der Waals surface area contributed by atoms with Crippen molar-refractivity contribution in [3.63, 3.8) is 0 Å². The maximum absolute atomic E-state index is 12.4. The topological polar surface area (TPSA) is 57.6 Å². The lowest BCUT2D eigenvalue weighted by Crippen LogP contribution is -2.63. The van der Waals surface area contributed by atoms with Gasteiger partial charge in [0.1, 0.15) is 0 Å². The van der Waals surface area contributed by atoms with E-state index in [1.54, 1.807) is 18.2 Å². The van der Waals surface area contributed by atoms with Crippen LogP contribution in [0.4, 0.5) is 0 Å². The highest BCUT2D eigenvalue weighted by molar-refractivity contribution is 9.10. The monoisotopic (exact) mass is 347 g/mol. The molecule has 106 valence electrons. The number of hydrogen-bond donors (Lipinski definition) is 1. The van der Waals surface area contributed by atoms with Crippen molar-refractivity contribution in [1.29, 1.82) is 0 Å². The summed E-state index contributed by atoms with van der Waals surface area (Å²) >= 11 is 3.35. The van der Waals surface area contributed by atoms with Gasteiger partial charge in [-0.25, -0.2) is 8.42 Å². The summed E-state index contributed by atoms with van der Waals surface area (Å²) in [6, 6.07) is 4.97. The Labute approximate surface area is 122 Å². The SMILES string of the molecule is CCCC1(O)CN(S(=O)(=O)c2ccc(Br)c(C)c2)C1. The fraction of sp³-hybridized carbons (Fsp3) is 0.538. The molecule has 1 aromatic carbocycles. The third kappa shape index (κ3) is 2.86. The van der Waals surface area contributed by atoms with Crippen LogP contribution in [0.2, 0.25) is 0 Å². The van der Waals surface area contributed by atoms with Crippen LogP contribution in [0.25, 0.3) is 0 Å². The van der Waals surface area contributed by atoms with Crippen molar-refractivity contribution >= 4 is 26.0 Å². The Morgan fingerprint density at radius 1 is 1.42 bits per heavy atom. The molecule has 1 aromatic rings.